The molecule has 4 atom stereocenters. The zero-order valence-electron chi connectivity index (χ0n) is 26.4. The number of fused-ring (bicyclic) bond motifs is 1. The third-order valence-electron chi connectivity index (χ3n) is 7.59. The van der Waals surface area contributed by atoms with E-state index in [1.165, 1.54) is 0 Å². The summed E-state index contributed by atoms with van der Waals surface area (Å²) < 4.78 is 0. The van der Waals surface area contributed by atoms with Gasteiger partial charge in [0.1, 0.15) is 24.2 Å². The number of carboxylic acids is 1. The fourth-order valence-electron chi connectivity index (χ4n) is 5.34. The Hall–Kier alpha value is -4.42. The van der Waals surface area contributed by atoms with Crippen molar-refractivity contribution in [3.63, 3.8) is 0 Å². The van der Waals surface area contributed by atoms with Crippen LogP contribution in [0.15, 0.2) is 30.5 Å². The molecule has 0 saturated carbocycles. The molecule has 0 aliphatic carbocycles. The highest BCUT2D eigenvalue weighted by molar-refractivity contribution is 5.96. The Bertz CT molecular complexity index is 1370. The van der Waals surface area contributed by atoms with Crippen molar-refractivity contribution in [2.24, 2.45) is 11.8 Å². The summed E-state index contributed by atoms with van der Waals surface area (Å²) in [6, 6.07) is 3.24. The minimum absolute atomic E-state index is 0.00159. The first-order valence-electron chi connectivity index (χ1n) is 15.6. The van der Waals surface area contributed by atoms with Crippen LogP contribution < -0.4 is 26.6 Å². The maximum atomic E-state index is 13.8. The van der Waals surface area contributed by atoms with E-state index in [2.05, 4.69) is 31.6 Å². The standard InChI is InChI=1S/C32H46N6O7/c1-18(2)14-24-30(43)37-25(15-19(3)4)31(44)38-26(16-20-17-34-22-9-6-5-8-21(20)22)32(45)36-23(11-12-28(40)41)29(42)33-13-7-10-27(39)35-24/h5-6,8-9,17-19,23-26,34H,7,10-16H2,1-4H3,(H,33,42)(H,35,39)(H,36,45)(H,37,43)(H,38,44)(H,40,41). The fourth-order valence-corrected chi connectivity index (χ4v) is 5.34. The predicted molar refractivity (Wildman–Crippen MR) is 168 cm³/mol. The molecule has 3 rings (SSSR count). The first-order chi connectivity index (χ1) is 21.3. The summed E-state index contributed by atoms with van der Waals surface area (Å²) >= 11 is 0. The quantitative estimate of drug-likeness (QED) is 0.219. The van der Waals surface area contributed by atoms with Crippen LogP contribution in [0.3, 0.4) is 0 Å². The topological polar surface area (TPSA) is 199 Å². The number of para-hydroxylation sites is 1. The van der Waals surface area contributed by atoms with E-state index < -0.39 is 53.8 Å². The lowest BCUT2D eigenvalue weighted by molar-refractivity contribution is -0.138. The Kier molecular flexibility index (Phi) is 12.9. The lowest BCUT2D eigenvalue weighted by atomic mass is 9.99. The number of carbonyl (C=O) groups excluding carboxylic acids is 5. The molecule has 2 aromatic rings. The van der Waals surface area contributed by atoms with Gasteiger partial charge in [0.15, 0.2) is 0 Å². The van der Waals surface area contributed by atoms with E-state index >= 15 is 0 Å². The number of aliphatic carboxylic acids is 1. The van der Waals surface area contributed by atoms with Gasteiger partial charge in [-0.1, -0.05) is 45.9 Å². The molecular weight excluding hydrogens is 580 g/mol. The van der Waals surface area contributed by atoms with Gasteiger partial charge in [-0.25, -0.2) is 0 Å². The van der Waals surface area contributed by atoms with Crippen molar-refractivity contribution < 1.29 is 33.9 Å². The van der Waals surface area contributed by atoms with E-state index in [-0.39, 0.29) is 62.8 Å². The number of benzene rings is 1. The van der Waals surface area contributed by atoms with Crippen LogP contribution in [0.4, 0.5) is 0 Å². The third-order valence-corrected chi connectivity index (χ3v) is 7.59. The van der Waals surface area contributed by atoms with Crippen molar-refractivity contribution in [3.8, 4) is 0 Å². The predicted octanol–water partition coefficient (Wildman–Crippen LogP) is 1.52. The lowest BCUT2D eigenvalue weighted by Crippen LogP contribution is -2.59. The van der Waals surface area contributed by atoms with E-state index in [0.717, 1.165) is 16.5 Å². The van der Waals surface area contributed by atoms with Gasteiger partial charge in [-0.15, -0.1) is 0 Å². The van der Waals surface area contributed by atoms with Crippen LogP contribution in [0.1, 0.15) is 71.8 Å². The summed E-state index contributed by atoms with van der Waals surface area (Å²) in [6.45, 7) is 7.74. The molecule has 1 aromatic heterocycles. The summed E-state index contributed by atoms with van der Waals surface area (Å²) in [7, 11) is 0. The molecule has 0 bridgehead atoms. The van der Waals surface area contributed by atoms with Gasteiger partial charge >= 0.3 is 5.97 Å². The molecular formula is C32H46N6O7. The molecule has 45 heavy (non-hydrogen) atoms. The summed E-state index contributed by atoms with van der Waals surface area (Å²) in [5, 5.41) is 23.8. The highest BCUT2D eigenvalue weighted by atomic mass is 16.4. The highest BCUT2D eigenvalue weighted by Crippen LogP contribution is 2.20. The monoisotopic (exact) mass is 626 g/mol. The average molecular weight is 627 g/mol. The molecule has 1 aliphatic rings. The Labute approximate surface area is 263 Å². The molecule has 1 aromatic carbocycles. The lowest BCUT2D eigenvalue weighted by Gasteiger charge is -2.27. The second kappa shape index (κ2) is 16.6. The molecule has 7 N–H and O–H groups in total. The average Bonchev–Trinajstić information content (AvgIpc) is 3.37. The van der Waals surface area contributed by atoms with Crippen LogP contribution >= 0.6 is 0 Å². The first kappa shape index (κ1) is 35.1. The Balaban J connectivity index is 1.99. The third kappa shape index (κ3) is 10.9. The minimum atomic E-state index is -1.19. The van der Waals surface area contributed by atoms with Gasteiger partial charge in [0.05, 0.1) is 0 Å². The highest BCUT2D eigenvalue weighted by Gasteiger charge is 2.33. The second-order valence-corrected chi connectivity index (χ2v) is 12.5. The molecule has 0 spiro atoms. The number of rotatable bonds is 9. The number of carbonyl (C=O) groups is 6. The van der Waals surface area contributed by atoms with Gasteiger partial charge in [-0.3, -0.25) is 28.8 Å². The van der Waals surface area contributed by atoms with Crippen molar-refractivity contribution >= 4 is 46.4 Å². The maximum absolute atomic E-state index is 13.8. The minimum Gasteiger partial charge on any atom is -0.481 e. The number of H-pyrrole nitrogens is 1. The number of hydrogen-bond acceptors (Lipinski definition) is 6. The van der Waals surface area contributed by atoms with Crippen LogP contribution in [0, 0.1) is 11.8 Å². The number of nitrogens with one attached hydrogen (secondary N) is 6. The van der Waals surface area contributed by atoms with Gasteiger partial charge < -0.3 is 36.7 Å². The smallest absolute Gasteiger partial charge is 0.303 e. The summed E-state index contributed by atoms with van der Waals surface area (Å²) in [6.07, 6.45) is 2.15. The van der Waals surface area contributed by atoms with Crippen molar-refractivity contribution in [1.82, 2.24) is 31.6 Å². The zero-order chi connectivity index (χ0) is 33.1. The molecule has 5 amide bonds. The molecule has 2 heterocycles. The number of hydrogen-bond donors (Lipinski definition) is 7. The molecule has 1 fully saturated rings. The van der Waals surface area contributed by atoms with Crippen LogP contribution in [0.5, 0.6) is 0 Å². The summed E-state index contributed by atoms with van der Waals surface area (Å²) in [5.74, 6) is -3.81. The van der Waals surface area contributed by atoms with Gasteiger partial charge in [-0.2, -0.15) is 0 Å². The van der Waals surface area contributed by atoms with Gasteiger partial charge in [0.2, 0.25) is 29.5 Å². The second-order valence-electron chi connectivity index (χ2n) is 12.5. The molecule has 1 aliphatic heterocycles. The molecule has 13 nitrogen and oxygen atoms in total. The number of aromatic nitrogens is 1. The Morgan fingerprint density at radius 2 is 1.38 bits per heavy atom. The number of carboxylic acid groups (broad SMARTS) is 1. The zero-order valence-corrected chi connectivity index (χ0v) is 26.4. The molecule has 0 radical (unpaired) electrons. The van der Waals surface area contributed by atoms with E-state index in [9.17, 15) is 33.9 Å². The van der Waals surface area contributed by atoms with Gasteiger partial charge in [-0.05, 0) is 49.1 Å². The molecule has 4 unspecified atom stereocenters. The van der Waals surface area contributed by atoms with Crippen LogP contribution in [-0.2, 0) is 35.2 Å². The van der Waals surface area contributed by atoms with Gasteiger partial charge in [0.25, 0.3) is 0 Å². The number of amides is 5. The van der Waals surface area contributed by atoms with E-state index in [1.807, 2.05) is 52.0 Å². The fraction of sp³-hybridized carbons (Fsp3) is 0.562. The summed E-state index contributed by atoms with van der Waals surface area (Å²) in [4.78, 5) is 81.3. The Morgan fingerprint density at radius 1 is 0.800 bits per heavy atom. The summed E-state index contributed by atoms with van der Waals surface area (Å²) in [5.41, 5.74) is 1.58. The first-order valence-corrected chi connectivity index (χ1v) is 15.6. The van der Waals surface area contributed by atoms with Crippen molar-refractivity contribution in [1.29, 1.82) is 0 Å². The van der Waals surface area contributed by atoms with Crippen LogP contribution in [-0.4, -0.2) is 76.3 Å². The van der Waals surface area contributed by atoms with Crippen molar-refractivity contribution in [2.75, 3.05) is 6.54 Å². The van der Waals surface area contributed by atoms with Crippen LogP contribution in [0.2, 0.25) is 0 Å². The Morgan fingerprint density at radius 3 is 2.02 bits per heavy atom. The number of aromatic amines is 1. The van der Waals surface area contributed by atoms with E-state index in [0.29, 0.717) is 6.42 Å². The molecule has 246 valence electrons. The molecule has 13 heteroatoms. The van der Waals surface area contributed by atoms with E-state index in [1.54, 1.807) is 6.20 Å². The largest absolute Gasteiger partial charge is 0.481 e. The normalized spacial score (nSPS) is 22.8. The van der Waals surface area contributed by atoms with Crippen LogP contribution in [0.25, 0.3) is 10.9 Å². The maximum Gasteiger partial charge on any atom is 0.303 e. The van der Waals surface area contributed by atoms with Crippen molar-refractivity contribution in [3.05, 3.63) is 36.0 Å². The van der Waals surface area contributed by atoms with Crippen molar-refractivity contribution in [2.45, 2.75) is 96.8 Å². The van der Waals surface area contributed by atoms with Gasteiger partial charge in [0, 0.05) is 42.9 Å². The molecule has 1 saturated heterocycles. The van der Waals surface area contributed by atoms with E-state index in [4.69, 9.17) is 0 Å². The SMILES string of the molecule is CC(C)CC1NC(=O)CCCNC(=O)C(CCC(=O)O)NC(=O)C(Cc2c[nH]c3ccccc23)NC(=O)C(CC(C)C)NC1=O.